The lowest BCUT2D eigenvalue weighted by Crippen LogP contribution is -2.20. The van der Waals surface area contributed by atoms with Gasteiger partial charge in [-0.1, -0.05) is 12.5 Å². The quantitative estimate of drug-likeness (QED) is 0.922. The van der Waals surface area contributed by atoms with E-state index in [9.17, 15) is 9.18 Å². The lowest BCUT2D eigenvalue weighted by Gasteiger charge is -2.24. The molecular weight excluding hydrogens is 285 g/mol. The number of hydrogen-bond acceptors (Lipinski definition) is 4. The molecule has 0 bridgehead atoms. The van der Waals surface area contributed by atoms with Gasteiger partial charge >= 0.3 is 0 Å². The van der Waals surface area contributed by atoms with Gasteiger partial charge < -0.3 is 10.1 Å². The molecule has 1 heterocycles. The van der Waals surface area contributed by atoms with Crippen LogP contribution in [-0.4, -0.2) is 22.5 Å². The van der Waals surface area contributed by atoms with Crippen LogP contribution >= 0.6 is 0 Å². The molecular formula is C16H16FN3O2. The smallest absolute Gasteiger partial charge is 0.275 e. The Morgan fingerprint density at radius 2 is 2.18 bits per heavy atom. The predicted octanol–water partition coefficient (Wildman–Crippen LogP) is 3.05. The summed E-state index contributed by atoms with van der Waals surface area (Å²) >= 11 is 0. The molecule has 0 saturated heterocycles. The van der Waals surface area contributed by atoms with Crippen LogP contribution < -0.4 is 10.1 Å². The van der Waals surface area contributed by atoms with Crippen molar-refractivity contribution in [3.8, 4) is 5.88 Å². The van der Waals surface area contributed by atoms with Gasteiger partial charge in [0.05, 0.1) is 19.0 Å². The molecule has 1 saturated carbocycles. The van der Waals surface area contributed by atoms with Gasteiger partial charge in [0.2, 0.25) is 5.88 Å². The molecule has 1 fully saturated rings. The average molecular weight is 301 g/mol. The number of ether oxygens (including phenoxy) is 1. The topological polar surface area (TPSA) is 64.1 Å². The number of anilines is 1. The molecule has 1 aromatic carbocycles. The third kappa shape index (κ3) is 3.58. The minimum Gasteiger partial charge on any atom is -0.476 e. The number of amides is 1. The highest BCUT2D eigenvalue weighted by Gasteiger charge is 2.18. The maximum atomic E-state index is 13.1. The Balaban J connectivity index is 1.58. The highest BCUT2D eigenvalue weighted by Crippen LogP contribution is 2.26. The standard InChI is InChI=1S/C16H16FN3O2/c17-12-5-2-6-13(7-12)20-16(21)14-8-19-15(9-18-14)22-10-11-3-1-4-11/h2,5-9,11H,1,3-4,10H2,(H,20,21). The van der Waals surface area contributed by atoms with Gasteiger partial charge in [-0.15, -0.1) is 0 Å². The highest BCUT2D eigenvalue weighted by atomic mass is 19.1. The second-order valence-electron chi connectivity index (χ2n) is 5.31. The summed E-state index contributed by atoms with van der Waals surface area (Å²) in [4.78, 5) is 20.1. The number of aromatic nitrogens is 2. The summed E-state index contributed by atoms with van der Waals surface area (Å²) in [7, 11) is 0. The predicted molar refractivity (Wildman–Crippen MR) is 79.2 cm³/mol. The molecule has 114 valence electrons. The van der Waals surface area contributed by atoms with E-state index in [0.29, 0.717) is 24.1 Å². The maximum Gasteiger partial charge on any atom is 0.275 e. The summed E-state index contributed by atoms with van der Waals surface area (Å²) in [5.41, 5.74) is 0.525. The first-order chi connectivity index (χ1) is 10.7. The lowest BCUT2D eigenvalue weighted by atomic mass is 9.86. The van der Waals surface area contributed by atoms with E-state index < -0.39 is 11.7 Å². The number of hydrogen-bond donors (Lipinski definition) is 1. The van der Waals surface area contributed by atoms with E-state index in [0.717, 1.165) is 0 Å². The molecule has 1 aliphatic carbocycles. The SMILES string of the molecule is O=C(Nc1cccc(F)c1)c1cnc(OCC2CCC2)cn1. The van der Waals surface area contributed by atoms with Crippen LogP contribution in [0.25, 0.3) is 0 Å². The Morgan fingerprint density at radius 1 is 1.32 bits per heavy atom. The van der Waals surface area contributed by atoms with Crippen LogP contribution in [0, 0.1) is 11.7 Å². The first-order valence-electron chi connectivity index (χ1n) is 7.22. The monoisotopic (exact) mass is 301 g/mol. The summed E-state index contributed by atoms with van der Waals surface area (Å²) in [6.45, 7) is 0.642. The first-order valence-corrected chi connectivity index (χ1v) is 7.22. The highest BCUT2D eigenvalue weighted by molar-refractivity contribution is 6.02. The summed E-state index contributed by atoms with van der Waals surface area (Å²) in [6, 6.07) is 5.67. The fourth-order valence-corrected chi connectivity index (χ4v) is 2.13. The molecule has 2 aromatic rings. The largest absolute Gasteiger partial charge is 0.476 e. The van der Waals surface area contributed by atoms with Crippen LogP contribution in [0.15, 0.2) is 36.7 Å². The number of carbonyl (C=O) groups excluding carboxylic acids is 1. The minimum atomic E-state index is -0.441. The van der Waals surface area contributed by atoms with Crippen LogP contribution in [0.3, 0.4) is 0 Å². The molecule has 0 unspecified atom stereocenters. The number of nitrogens with zero attached hydrogens (tertiary/aromatic N) is 2. The number of carbonyl (C=O) groups is 1. The molecule has 22 heavy (non-hydrogen) atoms. The third-order valence-electron chi connectivity index (χ3n) is 3.63. The van der Waals surface area contributed by atoms with Gasteiger partial charge in [-0.2, -0.15) is 0 Å². The Labute approximate surface area is 127 Å². The number of nitrogens with one attached hydrogen (secondary N) is 1. The van der Waals surface area contributed by atoms with Gasteiger partial charge in [-0.05, 0) is 37.0 Å². The second-order valence-corrected chi connectivity index (χ2v) is 5.31. The summed E-state index contributed by atoms with van der Waals surface area (Å²) in [5, 5.41) is 2.56. The van der Waals surface area contributed by atoms with Gasteiger partial charge in [-0.3, -0.25) is 4.79 Å². The maximum absolute atomic E-state index is 13.1. The van der Waals surface area contributed by atoms with Gasteiger partial charge in [-0.25, -0.2) is 14.4 Å². The Kier molecular flexibility index (Phi) is 4.27. The zero-order chi connectivity index (χ0) is 15.4. The Bertz CT molecular complexity index is 657. The van der Waals surface area contributed by atoms with Crippen molar-refractivity contribution in [2.45, 2.75) is 19.3 Å². The fourth-order valence-electron chi connectivity index (χ4n) is 2.13. The van der Waals surface area contributed by atoms with Crippen LogP contribution in [0.2, 0.25) is 0 Å². The lowest BCUT2D eigenvalue weighted by molar-refractivity contribution is 0.102. The van der Waals surface area contributed by atoms with Crippen molar-refractivity contribution in [3.63, 3.8) is 0 Å². The van der Waals surface area contributed by atoms with Crippen LogP contribution in [0.1, 0.15) is 29.8 Å². The molecule has 1 amide bonds. The van der Waals surface area contributed by atoms with E-state index in [1.54, 1.807) is 6.07 Å². The molecule has 1 aliphatic rings. The Morgan fingerprint density at radius 3 is 2.82 bits per heavy atom. The third-order valence-corrected chi connectivity index (χ3v) is 3.63. The molecule has 0 atom stereocenters. The van der Waals surface area contributed by atoms with Crippen molar-refractivity contribution in [1.82, 2.24) is 9.97 Å². The van der Waals surface area contributed by atoms with Gasteiger partial charge in [0.15, 0.2) is 0 Å². The van der Waals surface area contributed by atoms with Crippen molar-refractivity contribution in [2.24, 2.45) is 5.92 Å². The molecule has 5 nitrogen and oxygen atoms in total. The molecule has 3 rings (SSSR count). The van der Waals surface area contributed by atoms with Crippen molar-refractivity contribution in [2.75, 3.05) is 11.9 Å². The van der Waals surface area contributed by atoms with Crippen LogP contribution in [0.4, 0.5) is 10.1 Å². The average Bonchev–Trinajstić information content (AvgIpc) is 2.46. The zero-order valence-electron chi connectivity index (χ0n) is 12.0. The summed E-state index contributed by atoms with van der Waals surface area (Å²) in [5.74, 6) is 0.166. The number of benzene rings is 1. The molecule has 0 aliphatic heterocycles. The van der Waals surface area contributed by atoms with E-state index >= 15 is 0 Å². The molecule has 0 radical (unpaired) electrons. The summed E-state index contributed by atoms with van der Waals surface area (Å²) in [6.07, 6.45) is 6.44. The van der Waals surface area contributed by atoms with E-state index in [1.165, 1.54) is 49.9 Å². The van der Waals surface area contributed by atoms with E-state index in [4.69, 9.17) is 4.74 Å². The molecule has 1 N–H and O–H groups in total. The van der Waals surface area contributed by atoms with E-state index in [-0.39, 0.29) is 5.69 Å². The van der Waals surface area contributed by atoms with Crippen molar-refractivity contribution in [1.29, 1.82) is 0 Å². The van der Waals surface area contributed by atoms with Crippen molar-refractivity contribution < 1.29 is 13.9 Å². The Hall–Kier alpha value is -2.50. The van der Waals surface area contributed by atoms with Crippen molar-refractivity contribution in [3.05, 3.63) is 48.2 Å². The van der Waals surface area contributed by atoms with Gasteiger partial charge in [0.1, 0.15) is 11.5 Å². The second kappa shape index (κ2) is 6.51. The minimum absolute atomic E-state index is 0.153. The number of halogens is 1. The molecule has 1 aromatic heterocycles. The van der Waals surface area contributed by atoms with E-state index in [1.807, 2.05) is 0 Å². The van der Waals surface area contributed by atoms with Crippen molar-refractivity contribution >= 4 is 11.6 Å². The zero-order valence-corrected chi connectivity index (χ0v) is 12.0. The number of rotatable bonds is 5. The summed E-state index contributed by atoms with van der Waals surface area (Å²) < 4.78 is 18.6. The van der Waals surface area contributed by atoms with E-state index in [2.05, 4.69) is 15.3 Å². The van der Waals surface area contributed by atoms with Gasteiger partial charge in [0, 0.05) is 5.69 Å². The van der Waals surface area contributed by atoms with Gasteiger partial charge in [0.25, 0.3) is 5.91 Å². The van der Waals surface area contributed by atoms with Crippen LogP contribution in [0.5, 0.6) is 5.88 Å². The van der Waals surface area contributed by atoms with Crippen LogP contribution in [-0.2, 0) is 0 Å². The molecule has 6 heteroatoms. The normalized spacial score (nSPS) is 14.2. The molecule has 0 spiro atoms. The fraction of sp³-hybridized carbons (Fsp3) is 0.312. The first kappa shape index (κ1) is 14.4.